The van der Waals surface area contributed by atoms with Crippen molar-refractivity contribution in [3.63, 3.8) is 0 Å². The van der Waals surface area contributed by atoms with E-state index in [1.54, 1.807) is 7.11 Å². The number of hydrogen-bond acceptors (Lipinski definition) is 4. The van der Waals surface area contributed by atoms with Gasteiger partial charge in [0.15, 0.2) is 0 Å². The Morgan fingerprint density at radius 1 is 1.10 bits per heavy atom. The molecule has 1 aliphatic rings. The molecule has 5 atom stereocenters. The number of rotatable bonds is 7. The summed E-state index contributed by atoms with van der Waals surface area (Å²) < 4.78 is 11.7. The van der Waals surface area contributed by atoms with Gasteiger partial charge in [0.25, 0.3) is 0 Å². The lowest BCUT2D eigenvalue weighted by Crippen LogP contribution is -2.39. The number of nitrogens with zero attached hydrogens (tertiary/aromatic N) is 1. The molecule has 4 nitrogen and oxygen atoms in total. The van der Waals surface area contributed by atoms with Crippen molar-refractivity contribution in [2.75, 3.05) is 21.2 Å². The monoisotopic (exact) mass is 423 g/mol. The van der Waals surface area contributed by atoms with E-state index in [-0.39, 0.29) is 12.1 Å². The first-order valence-corrected chi connectivity index (χ1v) is 11.4. The second-order valence-corrected chi connectivity index (χ2v) is 9.35. The normalized spacial score (nSPS) is 23.3. The summed E-state index contributed by atoms with van der Waals surface area (Å²) in [6, 6.07) is 16.0. The number of carbonyl (C=O) groups is 1. The Balaban J connectivity index is 1.85. The summed E-state index contributed by atoms with van der Waals surface area (Å²) in [7, 11) is 5.51. The van der Waals surface area contributed by atoms with Crippen molar-refractivity contribution in [1.29, 1.82) is 0 Å². The minimum Gasteiger partial charge on any atom is -0.497 e. The summed E-state index contributed by atoms with van der Waals surface area (Å²) in [4.78, 5) is 15.4. The van der Waals surface area contributed by atoms with Gasteiger partial charge < -0.3 is 9.47 Å². The molecule has 4 heteroatoms. The summed E-state index contributed by atoms with van der Waals surface area (Å²) in [6.45, 7) is 6.56. The summed E-state index contributed by atoms with van der Waals surface area (Å²) in [5.74, 6) is 1.82. The Morgan fingerprint density at radius 3 is 2.45 bits per heavy atom. The first-order chi connectivity index (χ1) is 14.8. The van der Waals surface area contributed by atoms with Crippen molar-refractivity contribution >= 4 is 5.97 Å². The van der Waals surface area contributed by atoms with Gasteiger partial charge in [0.1, 0.15) is 17.9 Å². The fourth-order valence-corrected chi connectivity index (χ4v) is 4.93. The van der Waals surface area contributed by atoms with Crippen LogP contribution in [0.15, 0.2) is 48.5 Å². The molecule has 0 unspecified atom stereocenters. The van der Waals surface area contributed by atoms with Crippen molar-refractivity contribution in [3.05, 3.63) is 65.2 Å². The van der Waals surface area contributed by atoms with Crippen LogP contribution in [-0.4, -0.2) is 38.2 Å². The maximum absolute atomic E-state index is 13.5. The Morgan fingerprint density at radius 2 is 1.81 bits per heavy atom. The highest BCUT2D eigenvalue weighted by atomic mass is 16.5. The zero-order valence-electron chi connectivity index (χ0n) is 19.8. The molecule has 31 heavy (non-hydrogen) atoms. The number of hydrogen-bond donors (Lipinski definition) is 0. The molecule has 0 spiro atoms. The van der Waals surface area contributed by atoms with Crippen LogP contribution in [-0.2, 0) is 9.53 Å². The average Bonchev–Trinajstić information content (AvgIpc) is 2.75. The van der Waals surface area contributed by atoms with Crippen LogP contribution in [0.4, 0.5) is 0 Å². The molecule has 0 N–H and O–H groups in total. The zero-order valence-corrected chi connectivity index (χ0v) is 19.8. The lowest BCUT2D eigenvalue weighted by molar-refractivity contribution is -0.161. The zero-order chi connectivity index (χ0) is 22.5. The predicted molar refractivity (Wildman–Crippen MR) is 125 cm³/mol. The third-order valence-electron chi connectivity index (χ3n) is 6.86. The Kier molecular flexibility index (Phi) is 7.77. The molecule has 0 aliphatic heterocycles. The fourth-order valence-electron chi connectivity index (χ4n) is 4.93. The van der Waals surface area contributed by atoms with E-state index in [1.165, 1.54) is 12.0 Å². The largest absolute Gasteiger partial charge is 0.497 e. The van der Waals surface area contributed by atoms with Gasteiger partial charge in [-0.25, -0.2) is 4.79 Å². The van der Waals surface area contributed by atoms with Gasteiger partial charge in [0.2, 0.25) is 0 Å². The smallest absolute Gasteiger partial charge is 0.328 e. The van der Waals surface area contributed by atoms with E-state index in [9.17, 15) is 4.79 Å². The van der Waals surface area contributed by atoms with Gasteiger partial charge in [-0.05, 0) is 74.5 Å². The molecule has 2 aromatic rings. The van der Waals surface area contributed by atoms with Crippen LogP contribution < -0.4 is 4.74 Å². The number of carbonyl (C=O) groups excluding carboxylic acids is 1. The molecule has 1 fully saturated rings. The summed E-state index contributed by atoms with van der Waals surface area (Å²) in [5, 5.41) is 0. The summed E-state index contributed by atoms with van der Waals surface area (Å²) >= 11 is 0. The Hall–Kier alpha value is -2.33. The van der Waals surface area contributed by atoms with E-state index in [0.29, 0.717) is 17.8 Å². The number of aryl methyl sites for hydroxylation is 1. The molecule has 2 aromatic carbocycles. The molecule has 1 saturated carbocycles. The van der Waals surface area contributed by atoms with Crippen molar-refractivity contribution in [1.82, 2.24) is 4.90 Å². The van der Waals surface area contributed by atoms with E-state index >= 15 is 0 Å². The highest BCUT2D eigenvalue weighted by Gasteiger charge is 2.37. The van der Waals surface area contributed by atoms with E-state index in [0.717, 1.165) is 29.7 Å². The summed E-state index contributed by atoms with van der Waals surface area (Å²) in [5.41, 5.74) is 3.31. The quantitative estimate of drug-likeness (QED) is 0.531. The van der Waals surface area contributed by atoms with Gasteiger partial charge in [-0.15, -0.1) is 0 Å². The van der Waals surface area contributed by atoms with Crippen LogP contribution in [0.2, 0.25) is 0 Å². The van der Waals surface area contributed by atoms with E-state index in [4.69, 9.17) is 9.47 Å². The molecule has 0 amide bonds. The van der Waals surface area contributed by atoms with Gasteiger partial charge in [-0.3, -0.25) is 4.90 Å². The number of methoxy groups -OCH3 is 1. The maximum atomic E-state index is 13.5. The van der Waals surface area contributed by atoms with Gasteiger partial charge in [-0.2, -0.15) is 0 Å². The first kappa shape index (κ1) is 23.3. The van der Waals surface area contributed by atoms with Crippen molar-refractivity contribution in [3.8, 4) is 5.75 Å². The molecule has 168 valence electrons. The highest BCUT2D eigenvalue weighted by molar-refractivity contribution is 5.78. The van der Waals surface area contributed by atoms with Crippen LogP contribution in [0.1, 0.15) is 61.8 Å². The molecular formula is C27H37NO3. The van der Waals surface area contributed by atoms with Crippen molar-refractivity contribution in [2.45, 2.75) is 58.1 Å². The third-order valence-corrected chi connectivity index (χ3v) is 6.86. The minimum absolute atomic E-state index is 0.0696. The molecular weight excluding hydrogens is 386 g/mol. The predicted octanol–water partition coefficient (Wildman–Crippen LogP) is 5.76. The fraction of sp³-hybridized carbons (Fsp3) is 0.519. The number of esters is 1. The lowest BCUT2D eigenvalue weighted by Gasteiger charge is -2.39. The number of benzene rings is 2. The molecule has 0 bridgehead atoms. The third kappa shape index (κ3) is 5.48. The second-order valence-electron chi connectivity index (χ2n) is 9.35. The van der Waals surface area contributed by atoms with Crippen LogP contribution >= 0.6 is 0 Å². The number of ether oxygens (including phenoxy) is 2. The standard InChI is InChI=1S/C27H37NO3/c1-18-12-15-23(20(3)21-10-8-7-9-11-21)25(16-18)31-27(29)26(28(4)5)24-17-22(30-6)14-13-19(24)2/h7-11,13-14,17-18,20,23,25-26H,12,15-16H2,1-6H3/t18-,20-,23+,25-,26-/m1/s1. The Labute approximate surface area is 187 Å². The summed E-state index contributed by atoms with van der Waals surface area (Å²) in [6.07, 6.45) is 3.12. The minimum atomic E-state index is -0.458. The van der Waals surface area contributed by atoms with Gasteiger partial charge in [0.05, 0.1) is 7.11 Å². The molecule has 0 saturated heterocycles. The molecule has 1 aliphatic carbocycles. The van der Waals surface area contributed by atoms with Gasteiger partial charge in [0, 0.05) is 5.92 Å². The maximum Gasteiger partial charge on any atom is 0.328 e. The SMILES string of the molecule is COc1ccc(C)c([C@H](C(=O)O[C@@H]2C[C@H](C)CC[C@H]2[C@H](C)c2ccccc2)N(C)C)c1. The topological polar surface area (TPSA) is 38.8 Å². The molecule has 0 radical (unpaired) electrons. The van der Waals surface area contributed by atoms with E-state index in [1.807, 2.05) is 44.1 Å². The highest BCUT2D eigenvalue weighted by Crippen LogP contribution is 2.40. The average molecular weight is 424 g/mol. The lowest BCUT2D eigenvalue weighted by atomic mass is 9.73. The van der Waals surface area contributed by atoms with Crippen LogP contribution in [0.25, 0.3) is 0 Å². The van der Waals surface area contributed by atoms with Crippen molar-refractivity contribution in [2.24, 2.45) is 11.8 Å². The Bertz CT molecular complexity index is 864. The van der Waals surface area contributed by atoms with Gasteiger partial charge >= 0.3 is 5.97 Å². The van der Waals surface area contributed by atoms with Gasteiger partial charge in [-0.1, -0.05) is 56.7 Å². The number of likely N-dealkylation sites (N-methyl/N-ethyl adjacent to an activating group) is 1. The van der Waals surface area contributed by atoms with E-state index < -0.39 is 6.04 Å². The van der Waals surface area contributed by atoms with E-state index in [2.05, 4.69) is 44.2 Å². The molecule has 3 rings (SSSR count). The van der Waals surface area contributed by atoms with Crippen LogP contribution in [0.5, 0.6) is 5.75 Å². The molecule has 0 heterocycles. The van der Waals surface area contributed by atoms with Crippen LogP contribution in [0, 0.1) is 18.8 Å². The molecule has 0 aromatic heterocycles. The first-order valence-electron chi connectivity index (χ1n) is 11.4. The second kappa shape index (κ2) is 10.3. The van der Waals surface area contributed by atoms with Crippen molar-refractivity contribution < 1.29 is 14.3 Å². The van der Waals surface area contributed by atoms with Crippen LogP contribution in [0.3, 0.4) is 0 Å².